The van der Waals surface area contributed by atoms with Crippen molar-refractivity contribution >= 4 is 24.2 Å². The van der Waals surface area contributed by atoms with Crippen LogP contribution in [0, 0.1) is 5.41 Å². The van der Waals surface area contributed by atoms with Crippen molar-refractivity contribution in [3.05, 3.63) is 0 Å². The average Bonchev–Trinajstić information content (AvgIpc) is 2.46. The highest BCUT2D eigenvalue weighted by atomic mass is 35.5. The summed E-state index contributed by atoms with van der Waals surface area (Å²) >= 11 is 0. The van der Waals surface area contributed by atoms with Crippen molar-refractivity contribution in [2.75, 3.05) is 39.9 Å². The summed E-state index contributed by atoms with van der Waals surface area (Å²) in [6.07, 6.45) is 2.79. The van der Waals surface area contributed by atoms with Gasteiger partial charge in [0.2, 0.25) is 11.8 Å². The molecule has 124 valence electrons. The number of halogens is 1. The van der Waals surface area contributed by atoms with Crippen molar-refractivity contribution in [2.45, 2.75) is 32.6 Å². The second-order valence-corrected chi connectivity index (χ2v) is 5.32. The number of ether oxygens (including phenoxy) is 1. The van der Waals surface area contributed by atoms with Crippen LogP contribution in [0.15, 0.2) is 0 Å². The van der Waals surface area contributed by atoms with Crippen LogP contribution in [-0.2, 0) is 14.3 Å². The monoisotopic (exact) mass is 321 g/mol. The topological polar surface area (TPSA) is 79.5 Å². The summed E-state index contributed by atoms with van der Waals surface area (Å²) in [7, 11) is 1.62. The molecule has 2 amide bonds. The molecular weight excluding hydrogens is 294 g/mol. The van der Waals surface area contributed by atoms with Crippen LogP contribution in [0.1, 0.15) is 32.6 Å². The third kappa shape index (κ3) is 6.63. The van der Waals surface area contributed by atoms with Gasteiger partial charge in [0.15, 0.2) is 0 Å². The first-order chi connectivity index (χ1) is 9.64. The van der Waals surface area contributed by atoms with E-state index in [1.165, 1.54) is 0 Å². The average molecular weight is 322 g/mol. The molecule has 3 N–H and O–H groups in total. The molecule has 0 unspecified atom stereocenters. The van der Waals surface area contributed by atoms with Crippen molar-refractivity contribution in [3.63, 3.8) is 0 Å². The second-order valence-electron chi connectivity index (χ2n) is 5.32. The van der Waals surface area contributed by atoms with Gasteiger partial charge in [0, 0.05) is 26.6 Å². The number of rotatable bonds is 8. The van der Waals surface area contributed by atoms with E-state index < -0.39 is 5.41 Å². The fraction of sp³-hybridized carbons (Fsp3) is 0.857. The fourth-order valence-corrected chi connectivity index (χ4v) is 2.45. The molecule has 0 aromatic carbocycles. The lowest BCUT2D eigenvalue weighted by Gasteiger charge is -2.35. The predicted molar refractivity (Wildman–Crippen MR) is 84.6 cm³/mol. The molecule has 0 spiro atoms. The predicted octanol–water partition coefficient (Wildman–Crippen LogP) is 0.457. The molecule has 0 saturated carbocycles. The van der Waals surface area contributed by atoms with Gasteiger partial charge >= 0.3 is 0 Å². The zero-order chi connectivity index (χ0) is 14.8. The Morgan fingerprint density at radius 2 is 1.86 bits per heavy atom. The molecule has 0 aliphatic carbocycles. The van der Waals surface area contributed by atoms with Crippen LogP contribution in [0.25, 0.3) is 0 Å². The first kappa shape index (κ1) is 20.1. The molecule has 0 bridgehead atoms. The number of piperidine rings is 1. The summed E-state index contributed by atoms with van der Waals surface area (Å²) in [4.78, 5) is 23.8. The van der Waals surface area contributed by atoms with Crippen LogP contribution in [-0.4, -0.2) is 51.7 Å². The molecule has 0 radical (unpaired) electrons. The zero-order valence-corrected chi connectivity index (χ0v) is 13.8. The van der Waals surface area contributed by atoms with Gasteiger partial charge in [-0.1, -0.05) is 6.92 Å². The number of carbonyl (C=O) groups excluding carboxylic acids is 2. The summed E-state index contributed by atoms with van der Waals surface area (Å²) in [5, 5.41) is 8.92. The zero-order valence-electron chi connectivity index (χ0n) is 13.0. The molecule has 0 aromatic rings. The molecule has 1 fully saturated rings. The quantitative estimate of drug-likeness (QED) is 0.607. The van der Waals surface area contributed by atoms with Crippen LogP contribution in [0.2, 0.25) is 0 Å². The fourth-order valence-electron chi connectivity index (χ4n) is 2.45. The number of amides is 2. The number of nitrogens with one attached hydrogen (secondary N) is 3. The minimum absolute atomic E-state index is 0. The van der Waals surface area contributed by atoms with E-state index in [1.807, 2.05) is 6.92 Å². The highest BCUT2D eigenvalue weighted by Crippen LogP contribution is 2.29. The number of carbonyl (C=O) groups is 2. The van der Waals surface area contributed by atoms with Gasteiger partial charge in [0.1, 0.15) is 0 Å². The van der Waals surface area contributed by atoms with Crippen LogP contribution in [0.3, 0.4) is 0 Å². The van der Waals surface area contributed by atoms with E-state index in [9.17, 15) is 9.59 Å². The van der Waals surface area contributed by atoms with E-state index in [0.29, 0.717) is 26.1 Å². The lowest BCUT2D eigenvalue weighted by atomic mass is 9.78. The SMILES string of the molecule is CCCNC(=O)CCNC(=O)C1(COC)CCNCC1.Cl. The molecule has 1 aliphatic rings. The maximum atomic E-state index is 12.4. The standard InChI is InChI=1S/C14H27N3O3.ClH/c1-3-7-16-12(18)4-8-17-13(19)14(11-20-2)5-9-15-10-6-14;/h15H,3-11H2,1-2H3,(H,16,18)(H,17,19);1H. The van der Waals surface area contributed by atoms with E-state index in [1.54, 1.807) is 7.11 Å². The Hall–Kier alpha value is -0.850. The van der Waals surface area contributed by atoms with E-state index in [0.717, 1.165) is 32.4 Å². The van der Waals surface area contributed by atoms with Gasteiger partial charge in [-0.15, -0.1) is 12.4 Å². The van der Waals surface area contributed by atoms with Gasteiger partial charge in [0.05, 0.1) is 12.0 Å². The van der Waals surface area contributed by atoms with Crippen LogP contribution < -0.4 is 16.0 Å². The molecule has 0 aromatic heterocycles. The Labute approximate surface area is 133 Å². The first-order valence-corrected chi connectivity index (χ1v) is 7.39. The summed E-state index contributed by atoms with van der Waals surface area (Å²) in [6.45, 7) is 5.16. The molecule has 21 heavy (non-hydrogen) atoms. The van der Waals surface area contributed by atoms with Gasteiger partial charge in [0.25, 0.3) is 0 Å². The normalized spacial score (nSPS) is 16.7. The summed E-state index contributed by atoms with van der Waals surface area (Å²) in [5.41, 5.74) is -0.445. The summed E-state index contributed by atoms with van der Waals surface area (Å²) < 4.78 is 5.22. The minimum Gasteiger partial charge on any atom is -0.384 e. The van der Waals surface area contributed by atoms with E-state index in [4.69, 9.17) is 4.74 Å². The maximum absolute atomic E-state index is 12.4. The van der Waals surface area contributed by atoms with Crippen LogP contribution >= 0.6 is 12.4 Å². The Balaban J connectivity index is 0.00000400. The van der Waals surface area contributed by atoms with E-state index in [2.05, 4.69) is 16.0 Å². The smallest absolute Gasteiger partial charge is 0.228 e. The van der Waals surface area contributed by atoms with Crippen molar-refractivity contribution in [3.8, 4) is 0 Å². The molecule has 1 rings (SSSR count). The first-order valence-electron chi connectivity index (χ1n) is 7.39. The van der Waals surface area contributed by atoms with Crippen molar-refractivity contribution < 1.29 is 14.3 Å². The van der Waals surface area contributed by atoms with Gasteiger partial charge < -0.3 is 20.7 Å². The van der Waals surface area contributed by atoms with E-state index in [-0.39, 0.29) is 24.2 Å². The number of hydrogen-bond acceptors (Lipinski definition) is 4. The maximum Gasteiger partial charge on any atom is 0.228 e. The highest BCUT2D eigenvalue weighted by Gasteiger charge is 2.39. The Kier molecular flexibility index (Phi) is 10.4. The summed E-state index contributed by atoms with van der Waals surface area (Å²) in [5.74, 6) is -0.0117. The molecule has 6 nitrogen and oxygen atoms in total. The Bertz CT molecular complexity index is 315. The second kappa shape index (κ2) is 10.8. The molecule has 1 saturated heterocycles. The van der Waals surface area contributed by atoms with Gasteiger partial charge in [-0.05, 0) is 32.4 Å². The van der Waals surface area contributed by atoms with E-state index >= 15 is 0 Å². The minimum atomic E-state index is -0.445. The Morgan fingerprint density at radius 1 is 1.19 bits per heavy atom. The molecular formula is C14H28ClN3O3. The van der Waals surface area contributed by atoms with Gasteiger partial charge in [-0.3, -0.25) is 9.59 Å². The third-order valence-corrected chi connectivity index (χ3v) is 3.67. The van der Waals surface area contributed by atoms with Gasteiger partial charge in [-0.25, -0.2) is 0 Å². The number of hydrogen-bond donors (Lipinski definition) is 3. The lowest BCUT2D eigenvalue weighted by Crippen LogP contribution is -2.50. The van der Waals surface area contributed by atoms with Crippen molar-refractivity contribution in [1.82, 2.24) is 16.0 Å². The Morgan fingerprint density at radius 3 is 2.43 bits per heavy atom. The van der Waals surface area contributed by atoms with Crippen molar-refractivity contribution in [1.29, 1.82) is 0 Å². The highest BCUT2D eigenvalue weighted by molar-refractivity contribution is 5.85. The van der Waals surface area contributed by atoms with Crippen molar-refractivity contribution in [2.24, 2.45) is 5.41 Å². The van der Waals surface area contributed by atoms with Gasteiger partial charge in [-0.2, -0.15) is 0 Å². The third-order valence-electron chi connectivity index (χ3n) is 3.67. The number of methoxy groups -OCH3 is 1. The lowest BCUT2D eigenvalue weighted by molar-refractivity contribution is -0.136. The van der Waals surface area contributed by atoms with Crippen LogP contribution in [0.5, 0.6) is 0 Å². The molecule has 7 heteroatoms. The van der Waals surface area contributed by atoms with Crippen LogP contribution in [0.4, 0.5) is 0 Å². The molecule has 1 heterocycles. The molecule has 1 aliphatic heterocycles. The largest absolute Gasteiger partial charge is 0.384 e. The molecule has 0 atom stereocenters. The summed E-state index contributed by atoms with van der Waals surface area (Å²) in [6, 6.07) is 0.